The molecule has 2 nitrogen and oxygen atoms in total. The highest BCUT2D eigenvalue weighted by molar-refractivity contribution is 5.11. The zero-order chi connectivity index (χ0) is 9.15. The van der Waals surface area contributed by atoms with Crippen LogP contribution < -0.4 is 5.32 Å². The molecule has 1 saturated heterocycles. The van der Waals surface area contributed by atoms with Crippen molar-refractivity contribution in [1.29, 1.82) is 0 Å². The van der Waals surface area contributed by atoms with E-state index in [4.69, 9.17) is 4.42 Å². The van der Waals surface area contributed by atoms with Crippen molar-refractivity contribution >= 4 is 0 Å². The fourth-order valence-corrected chi connectivity index (χ4v) is 2.23. The zero-order valence-corrected chi connectivity index (χ0v) is 8.18. The molecule has 0 saturated carbocycles. The fourth-order valence-electron chi connectivity index (χ4n) is 2.23. The van der Waals surface area contributed by atoms with Crippen molar-refractivity contribution in [2.75, 3.05) is 13.1 Å². The zero-order valence-electron chi connectivity index (χ0n) is 8.18. The van der Waals surface area contributed by atoms with Gasteiger partial charge in [-0.15, -0.1) is 0 Å². The van der Waals surface area contributed by atoms with Crippen LogP contribution in [0, 0.1) is 5.41 Å². The van der Waals surface area contributed by atoms with Crippen molar-refractivity contribution in [3.8, 4) is 0 Å². The Morgan fingerprint density at radius 3 is 2.85 bits per heavy atom. The highest BCUT2D eigenvalue weighted by atomic mass is 16.3. The monoisotopic (exact) mass is 179 g/mol. The summed E-state index contributed by atoms with van der Waals surface area (Å²) in [4.78, 5) is 0. The third kappa shape index (κ3) is 1.78. The van der Waals surface area contributed by atoms with Crippen molar-refractivity contribution in [2.45, 2.75) is 26.2 Å². The van der Waals surface area contributed by atoms with Gasteiger partial charge in [-0.25, -0.2) is 0 Å². The fraction of sp³-hybridized carbons (Fsp3) is 0.636. The van der Waals surface area contributed by atoms with Crippen molar-refractivity contribution in [1.82, 2.24) is 5.32 Å². The molecule has 0 aliphatic carbocycles. The molecule has 1 aromatic heterocycles. The minimum atomic E-state index is 0.526. The minimum Gasteiger partial charge on any atom is -0.472 e. The summed E-state index contributed by atoms with van der Waals surface area (Å²) in [6.45, 7) is 4.60. The normalized spacial score (nSPS) is 19.8. The molecule has 0 radical (unpaired) electrons. The molecular formula is C11H17NO. The Morgan fingerprint density at radius 2 is 2.38 bits per heavy atom. The highest BCUT2D eigenvalue weighted by Gasteiger charge is 2.35. The molecule has 0 spiro atoms. The maximum Gasteiger partial charge on any atom is 0.0934 e. The molecule has 0 atom stereocenters. The van der Waals surface area contributed by atoms with Crippen molar-refractivity contribution in [3.63, 3.8) is 0 Å². The lowest BCUT2D eigenvalue weighted by molar-refractivity contribution is 0.150. The molecule has 2 rings (SSSR count). The van der Waals surface area contributed by atoms with Gasteiger partial charge in [-0.3, -0.25) is 0 Å². The molecule has 1 aliphatic rings. The summed E-state index contributed by atoms with van der Waals surface area (Å²) in [6, 6.07) is 2.08. The number of nitrogens with one attached hydrogen (secondary N) is 1. The van der Waals surface area contributed by atoms with Crippen LogP contribution in [-0.2, 0) is 6.42 Å². The predicted octanol–water partition coefficient (Wildman–Crippen LogP) is 2.21. The second-order valence-corrected chi connectivity index (χ2v) is 4.16. The van der Waals surface area contributed by atoms with E-state index in [2.05, 4.69) is 18.3 Å². The summed E-state index contributed by atoms with van der Waals surface area (Å²) in [5.74, 6) is 0. The molecular weight excluding hydrogens is 162 g/mol. The van der Waals surface area contributed by atoms with Gasteiger partial charge in [0.05, 0.1) is 12.5 Å². The molecule has 1 aromatic rings. The Morgan fingerprint density at radius 1 is 1.54 bits per heavy atom. The SMILES string of the molecule is CCCC1(Cc2ccoc2)CNC1. The van der Waals surface area contributed by atoms with Gasteiger partial charge < -0.3 is 9.73 Å². The lowest BCUT2D eigenvalue weighted by atomic mass is 9.73. The summed E-state index contributed by atoms with van der Waals surface area (Å²) in [5.41, 5.74) is 1.87. The summed E-state index contributed by atoms with van der Waals surface area (Å²) in [5, 5.41) is 3.37. The predicted molar refractivity (Wildman–Crippen MR) is 52.6 cm³/mol. The van der Waals surface area contributed by atoms with Gasteiger partial charge in [0.1, 0.15) is 0 Å². The molecule has 0 bridgehead atoms. The van der Waals surface area contributed by atoms with E-state index in [0.29, 0.717) is 5.41 Å². The van der Waals surface area contributed by atoms with Gasteiger partial charge in [0.15, 0.2) is 0 Å². The molecule has 13 heavy (non-hydrogen) atoms. The standard InChI is InChI=1S/C11H17NO/c1-2-4-11(8-12-9-11)6-10-3-5-13-7-10/h3,5,7,12H,2,4,6,8-9H2,1H3. The summed E-state index contributed by atoms with van der Waals surface area (Å²) < 4.78 is 5.09. The van der Waals surface area contributed by atoms with E-state index < -0.39 is 0 Å². The molecule has 0 aromatic carbocycles. The van der Waals surface area contributed by atoms with E-state index in [1.807, 2.05) is 6.26 Å². The average molecular weight is 179 g/mol. The Balaban J connectivity index is 1.98. The number of hydrogen-bond acceptors (Lipinski definition) is 2. The first-order valence-corrected chi connectivity index (χ1v) is 5.06. The topological polar surface area (TPSA) is 25.2 Å². The Bertz CT molecular complexity index is 249. The van der Waals surface area contributed by atoms with Gasteiger partial charge in [0.2, 0.25) is 0 Å². The van der Waals surface area contributed by atoms with Crippen LogP contribution in [-0.4, -0.2) is 13.1 Å². The largest absolute Gasteiger partial charge is 0.472 e. The average Bonchev–Trinajstić information content (AvgIpc) is 2.53. The quantitative estimate of drug-likeness (QED) is 0.766. The first-order valence-electron chi connectivity index (χ1n) is 5.06. The van der Waals surface area contributed by atoms with Gasteiger partial charge in [-0.05, 0) is 29.9 Å². The molecule has 1 fully saturated rings. The van der Waals surface area contributed by atoms with Crippen LogP contribution >= 0.6 is 0 Å². The van der Waals surface area contributed by atoms with Gasteiger partial charge in [-0.2, -0.15) is 0 Å². The van der Waals surface area contributed by atoms with E-state index in [1.54, 1.807) is 6.26 Å². The van der Waals surface area contributed by atoms with Crippen LogP contribution in [0.5, 0.6) is 0 Å². The van der Waals surface area contributed by atoms with Crippen LogP contribution in [0.4, 0.5) is 0 Å². The first-order chi connectivity index (χ1) is 6.35. The lowest BCUT2D eigenvalue weighted by Gasteiger charge is -2.42. The maximum absolute atomic E-state index is 5.09. The first kappa shape index (κ1) is 8.82. The van der Waals surface area contributed by atoms with Crippen molar-refractivity contribution in [3.05, 3.63) is 24.2 Å². The Labute approximate surface area is 79.3 Å². The van der Waals surface area contributed by atoms with Crippen LogP contribution in [0.1, 0.15) is 25.3 Å². The van der Waals surface area contributed by atoms with E-state index in [1.165, 1.54) is 37.9 Å². The van der Waals surface area contributed by atoms with Crippen LogP contribution in [0.3, 0.4) is 0 Å². The van der Waals surface area contributed by atoms with Crippen LogP contribution in [0.25, 0.3) is 0 Å². The summed E-state index contributed by atoms with van der Waals surface area (Å²) >= 11 is 0. The van der Waals surface area contributed by atoms with Crippen LogP contribution in [0.15, 0.2) is 23.0 Å². The van der Waals surface area contributed by atoms with Gasteiger partial charge in [0.25, 0.3) is 0 Å². The minimum absolute atomic E-state index is 0.526. The van der Waals surface area contributed by atoms with E-state index in [0.717, 1.165) is 0 Å². The molecule has 0 unspecified atom stereocenters. The number of hydrogen-bond donors (Lipinski definition) is 1. The summed E-state index contributed by atoms with van der Waals surface area (Å²) in [7, 11) is 0. The number of furan rings is 1. The lowest BCUT2D eigenvalue weighted by Crippen LogP contribution is -2.54. The van der Waals surface area contributed by atoms with Gasteiger partial charge >= 0.3 is 0 Å². The van der Waals surface area contributed by atoms with Crippen molar-refractivity contribution < 1.29 is 4.42 Å². The van der Waals surface area contributed by atoms with E-state index in [9.17, 15) is 0 Å². The highest BCUT2D eigenvalue weighted by Crippen LogP contribution is 2.32. The molecule has 1 aliphatic heterocycles. The molecule has 2 heterocycles. The van der Waals surface area contributed by atoms with Crippen molar-refractivity contribution in [2.24, 2.45) is 5.41 Å². The van der Waals surface area contributed by atoms with Gasteiger partial charge in [-0.1, -0.05) is 13.3 Å². The number of rotatable bonds is 4. The third-order valence-corrected chi connectivity index (χ3v) is 2.94. The van der Waals surface area contributed by atoms with E-state index >= 15 is 0 Å². The second kappa shape index (κ2) is 3.54. The molecule has 1 N–H and O–H groups in total. The van der Waals surface area contributed by atoms with Gasteiger partial charge in [0, 0.05) is 13.1 Å². The molecule has 72 valence electrons. The Kier molecular flexibility index (Phi) is 2.40. The molecule has 2 heteroatoms. The second-order valence-electron chi connectivity index (χ2n) is 4.16. The smallest absolute Gasteiger partial charge is 0.0934 e. The Hall–Kier alpha value is -0.760. The van der Waals surface area contributed by atoms with E-state index in [-0.39, 0.29) is 0 Å². The molecule has 0 amide bonds. The van der Waals surface area contributed by atoms with Crippen LogP contribution in [0.2, 0.25) is 0 Å². The summed E-state index contributed by atoms with van der Waals surface area (Å²) in [6.07, 6.45) is 7.41. The maximum atomic E-state index is 5.09. The third-order valence-electron chi connectivity index (χ3n) is 2.94.